The van der Waals surface area contributed by atoms with Crippen LogP contribution >= 0.6 is 0 Å². The summed E-state index contributed by atoms with van der Waals surface area (Å²) < 4.78 is 15.0. The van der Waals surface area contributed by atoms with Crippen molar-refractivity contribution in [3.8, 4) is 5.69 Å². The lowest BCUT2D eigenvalue weighted by molar-refractivity contribution is 0.0695. The van der Waals surface area contributed by atoms with E-state index in [1.807, 2.05) is 0 Å². The van der Waals surface area contributed by atoms with Crippen LogP contribution in [0.25, 0.3) is 5.69 Å². The second-order valence-electron chi connectivity index (χ2n) is 4.23. The number of hydrogen-bond acceptors (Lipinski definition) is 2. The van der Waals surface area contributed by atoms with E-state index < -0.39 is 5.97 Å². The highest BCUT2D eigenvalue weighted by Crippen LogP contribution is 2.24. The monoisotopic (exact) mass is 246 g/mol. The maximum Gasteiger partial charge on any atom is 0.337 e. The topological polar surface area (TPSA) is 54.3 Å². The lowest BCUT2D eigenvalue weighted by Crippen LogP contribution is -2.13. The zero-order valence-electron chi connectivity index (χ0n) is 9.48. The van der Waals surface area contributed by atoms with Crippen molar-refractivity contribution in [2.45, 2.75) is 13.1 Å². The normalized spacial score (nSPS) is 13.6. The third kappa shape index (κ3) is 1.60. The molecule has 1 aliphatic rings. The van der Waals surface area contributed by atoms with Crippen molar-refractivity contribution in [3.05, 3.63) is 53.1 Å². The third-order valence-corrected chi connectivity index (χ3v) is 3.13. The van der Waals surface area contributed by atoms with Crippen molar-refractivity contribution in [1.29, 1.82) is 0 Å². The van der Waals surface area contributed by atoms with Gasteiger partial charge < -0.3 is 15.0 Å². The van der Waals surface area contributed by atoms with Crippen molar-refractivity contribution < 1.29 is 14.3 Å². The summed E-state index contributed by atoms with van der Waals surface area (Å²) >= 11 is 0. The molecule has 2 aromatic rings. The highest BCUT2D eigenvalue weighted by molar-refractivity contribution is 5.89. The molecular weight excluding hydrogens is 235 g/mol. The first-order valence-electron chi connectivity index (χ1n) is 5.60. The van der Waals surface area contributed by atoms with Crippen molar-refractivity contribution in [2.75, 3.05) is 0 Å². The van der Waals surface area contributed by atoms with Gasteiger partial charge in [-0.2, -0.15) is 0 Å². The highest BCUT2D eigenvalue weighted by Gasteiger charge is 2.20. The molecule has 1 aromatic carbocycles. The minimum atomic E-state index is -0.948. The van der Waals surface area contributed by atoms with E-state index in [4.69, 9.17) is 5.11 Å². The van der Waals surface area contributed by atoms with Gasteiger partial charge in [-0.15, -0.1) is 0 Å². The van der Waals surface area contributed by atoms with Crippen LogP contribution in [-0.4, -0.2) is 15.6 Å². The number of aromatic carboxylic acids is 1. The molecule has 0 radical (unpaired) electrons. The van der Waals surface area contributed by atoms with Crippen LogP contribution in [0.5, 0.6) is 0 Å². The lowest BCUT2D eigenvalue weighted by atomic mass is 10.1. The minimum Gasteiger partial charge on any atom is -0.478 e. The van der Waals surface area contributed by atoms with Gasteiger partial charge in [0.25, 0.3) is 0 Å². The van der Waals surface area contributed by atoms with Gasteiger partial charge >= 0.3 is 5.97 Å². The number of carboxylic acids is 1. The molecule has 1 aliphatic heterocycles. The number of halogens is 1. The van der Waals surface area contributed by atoms with Crippen molar-refractivity contribution in [2.24, 2.45) is 0 Å². The standard InChI is InChI=1S/C13H11FN2O2/c14-9-1-2-11-8(5-9)6-15-7-12-10(13(17)18)3-4-16(11)12/h1-5,15H,6-7H2,(H,17,18). The number of rotatable bonds is 1. The average molecular weight is 246 g/mol. The van der Waals surface area contributed by atoms with Crippen LogP contribution in [0, 0.1) is 5.82 Å². The molecule has 0 aliphatic carbocycles. The third-order valence-electron chi connectivity index (χ3n) is 3.13. The average Bonchev–Trinajstić information content (AvgIpc) is 2.66. The summed E-state index contributed by atoms with van der Waals surface area (Å²) in [6.45, 7) is 0.971. The molecule has 0 unspecified atom stereocenters. The lowest BCUT2D eigenvalue weighted by Gasteiger charge is -2.09. The molecule has 0 fully saturated rings. The maximum atomic E-state index is 13.2. The zero-order chi connectivity index (χ0) is 12.7. The fraction of sp³-hybridized carbons (Fsp3) is 0.154. The summed E-state index contributed by atoms with van der Waals surface area (Å²) in [5.41, 5.74) is 2.61. The Balaban J connectivity index is 2.22. The van der Waals surface area contributed by atoms with Crippen molar-refractivity contribution >= 4 is 5.97 Å². The fourth-order valence-corrected chi connectivity index (χ4v) is 2.31. The fourth-order valence-electron chi connectivity index (χ4n) is 2.31. The summed E-state index contributed by atoms with van der Waals surface area (Å²) in [7, 11) is 0. The molecule has 18 heavy (non-hydrogen) atoms. The van der Waals surface area contributed by atoms with E-state index in [0.717, 1.165) is 11.3 Å². The first-order valence-corrected chi connectivity index (χ1v) is 5.60. The summed E-state index contributed by atoms with van der Waals surface area (Å²) in [4.78, 5) is 11.1. The molecular formula is C13H11FN2O2. The van der Waals surface area contributed by atoms with Gasteiger partial charge in [0.05, 0.1) is 11.3 Å². The summed E-state index contributed by atoms with van der Waals surface area (Å²) in [6.07, 6.45) is 1.71. The van der Waals surface area contributed by atoms with Crippen LogP contribution in [0.4, 0.5) is 4.39 Å². The quantitative estimate of drug-likeness (QED) is 0.808. The van der Waals surface area contributed by atoms with E-state index >= 15 is 0 Å². The zero-order valence-corrected chi connectivity index (χ0v) is 9.48. The van der Waals surface area contributed by atoms with Crippen LogP contribution in [0.2, 0.25) is 0 Å². The smallest absolute Gasteiger partial charge is 0.337 e. The Hall–Kier alpha value is -2.14. The minimum absolute atomic E-state index is 0.277. The van der Waals surface area contributed by atoms with Crippen LogP contribution in [0.1, 0.15) is 21.6 Å². The molecule has 0 spiro atoms. The van der Waals surface area contributed by atoms with Gasteiger partial charge in [0.1, 0.15) is 5.82 Å². The Labute approximate surface area is 103 Å². The molecule has 0 amide bonds. The molecule has 3 rings (SSSR count). The van der Waals surface area contributed by atoms with Crippen molar-refractivity contribution in [3.63, 3.8) is 0 Å². The van der Waals surface area contributed by atoms with E-state index in [1.165, 1.54) is 12.1 Å². The molecule has 5 heteroatoms. The van der Waals surface area contributed by atoms with E-state index in [0.29, 0.717) is 18.8 Å². The maximum absolute atomic E-state index is 13.2. The van der Waals surface area contributed by atoms with Gasteiger partial charge in [0.15, 0.2) is 0 Å². The number of aromatic nitrogens is 1. The number of nitrogens with one attached hydrogen (secondary N) is 1. The Bertz CT molecular complexity index is 634. The Morgan fingerprint density at radius 1 is 1.33 bits per heavy atom. The van der Waals surface area contributed by atoms with Gasteiger partial charge in [-0.05, 0) is 29.8 Å². The van der Waals surface area contributed by atoms with Gasteiger partial charge in [-0.3, -0.25) is 0 Å². The number of carboxylic acid groups (broad SMARTS) is 1. The number of benzene rings is 1. The van der Waals surface area contributed by atoms with Crippen LogP contribution in [0.3, 0.4) is 0 Å². The van der Waals surface area contributed by atoms with Crippen molar-refractivity contribution in [1.82, 2.24) is 9.88 Å². The predicted octanol–water partition coefficient (Wildman–Crippen LogP) is 1.92. The van der Waals surface area contributed by atoms with Gasteiger partial charge in [-0.1, -0.05) is 0 Å². The van der Waals surface area contributed by atoms with E-state index in [1.54, 1.807) is 22.9 Å². The van der Waals surface area contributed by atoms with Crippen LogP contribution in [-0.2, 0) is 13.1 Å². The molecule has 0 saturated heterocycles. The Morgan fingerprint density at radius 3 is 2.94 bits per heavy atom. The Morgan fingerprint density at radius 2 is 2.17 bits per heavy atom. The predicted molar refractivity (Wildman–Crippen MR) is 63.2 cm³/mol. The molecule has 0 saturated carbocycles. The molecule has 1 aromatic heterocycles. The summed E-state index contributed by atoms with van der Waals surface area (Å²) in [6, 6.07) is 6.09. The number of carbonyl (C=O) groups is 1. The summed E-state index contributed by atoms with van der Waals surface area (Å²) in [5, 5.41) is 12.2. The Kier molecular flexibility index (Phi) is 2.41. The first-order chi connectivity index (χ1) is 8.66. The van der Waals surface area contributed by atoms with Gasteiger partial charge in [0.2, 0.25) is 0 Å². The molecule has 2 N–H and O–H groups in total. The first kappa shape index (κ1) is 11.0. The highest BCUT2D eigenvalue weighted by atomic mass is 19.1. The second kappa shape index (κ2) is 3.96. The molecule has 4 nitrogen and oxygen atoms in total. The van der Waals surface area contributed by atoms with Crippen LogP contribution < -0.4 is 5.32 Å². The van der Waals surface area contributed by atoms with Crippen LogP contribution in [0.15, 0.2) is 30.5 Å². The number of nitrogens with zero attached hydrogens (tertiary/aromatic N) is 1. The molecule has 0 atom stereocenters. The number of fused-ring (bicyclic) bond motifs is 3. The largest absolute Gasteiger partial charge is 0.478 e. The second-order valence-corrected chi connectivity index (χ2v) is 4.23. The molecule has 0 bridgehead atoms. The van der Waals surface area contributed by atoms with E-state index in [-0.39, 0.29) is 11.4 Å². The van der Waals surface area contributed by atoms with E-state index in [9.17, 15) is 9.18 Å². The summed E-state index contributed by atoms with van der Waals surface area (Å²) in [5.74, 6) is -1.24. The molecule has 2 heterocycles. The van der Waals surface area contributed by atoms with Gasteiger partial charge in [0, 0.05) is 25.0 Å². The SMILES string of the molecule is O=C(O)c1ccn2c1CNCc1cc(F)ccc1-2. The van der Waals surface area contributed by atoms with Gasteiger partial charge in [-0.25, -0.2) is 9.18 Å². The van der Waals surface area contributed by atoms with E-state index in [2.05, 4.69) is 5.32 Å². The number of hydrogen-bond donors (Lipinski definition) is 2. The molecule has 92 valence electrons.